The first-order valence-corrected chi connectivity index (χ1v) is 8.13. The van der Waals surface area contributed by atoms with Gasteiger partial charge in [0.05, 0.1) is 10.7 Å². The molecule has 0 atom stereocenters. The molecule has 6 heteroatoms. The van der Waals surface area contributed by atoms with Gasteiger partial charge in [-0.2, -0.15) is 0 Å². The monoisotopic (exact) mass is 359 g/mol. The summed E-state index contributed by atoms with van der Waals surface area (Å²) in [4.78, 5) is 15.4. The Kier molecular flexibility index (Phi) is 4.88. The zero-order chi connectivity index (χ0) is 17.1. The van der Waals surface area contributed by atoms with E-state index in [1.165, 1.54) is 6.92 Å². The van der Waals surface area contributed by atoms with E-state index in [0.29, 0.717) is 22.3 Å². The molecule has 3 aromatic rings. The van der Waals surface area contributed by atoms with Crippen molar-refractivity contribution in [1.29, 1.82) is 0 Å². The Hall–Kier alpha value is -2.30. The number of benzene rings is 2. The Balaban J connectivity index is 1.90. The molecule has 1 amide bonds. The molecule has 2 aromatic carbocycles. The van der Waals surface area contributed by atoms with Crippen molar-refractivity contribution in [3.8, 4) is 0 Å². The van der Waals surface area contributed by atoms with Crippen LogP contribution in [0.2, 0.25) is 10.0 Å². The number of hydrogen-bond acceptors (Lipinski definition) is 3. The van der Waals surface area contributed by atoms with E-state index in [4.69, 9.17) is 23.2 Å². The van der Waals surface area contributed by atoms with Crippen LogP contribution in [0.5, 0.6) is 0 Å². The van der Waals surface area contributed by atoms with E-state index in [2.05, 4.69) is 15.6 Å². The topological polar surface area (TPSA) is 54.0 Å². The minimum Gasteiger partial charge on any atom is -0.380 e. The average molecular weight is 360 g/mol. The minimum absolute atomic E-state index is 0.181. The number of pyridine rings is 1. The standard InChI is InChI=1S/C18H15Cl2N3O/c1-11(24)23-17-6-5-15(19)14(18(17)20)10-22-16-4-2-3-12-9-21-8-7-13(12)16/h2-9,22H,10H2,1H3,(H,23,24). The van der Waals surface area contributed by atoms with Gasteiger partial charge in [0, 0.05) is 52.9 Å². The van der Waals surface area contributed by atoms with Crippen LogP contribution in [-0.2, 0) is 11.3 Å². The van der Waals surface area contributed by atoms with Crippen molar-refractivity contribution in [3.63, 3.8) is 0 Å². The second-order valence-electron chi connectivity index (χ2n) is 5.32. The molecule has 24 heavy (non-hydrogen) atoms. The van der Waals surface area contributed by atoms with Gasteiger partial charge in [-0.15, -0.1) is 0 Å². The second-order valence-corrected chi connectivity index (χ2v) is 6.11. The van der Waals surface area contributed by atoms with Crippen LogP contribution in [0.3, 0.4) is 0 Å². The van der Waals surface area contributed by atoms with Gasteiger partial charge in [-0.3, -0.25) is 9.78 Å². The minimum atomic E-state index is -0.181. The van der Waals surface area contributed by atoms with E-state index in [1.54, 1.807) is 18.3 Å². The Labute approximate surface area is 149 Å². The van der Waals surface area contributed by atoms with Crippen LogP contribution < -0.4 is 10.6 Å². The molecule has 2 N–H and O–H groups in total. The SMILES string of the molecule is CC(=O)Nc1ccc(Cl)c(CNc2cccc3cnccc23)c1Cl. The molecule has 0 saturated heterocycles. The Morgan fingerprint density at radius 1 is 1.12 bits per heavy atom. The molecule has 0 unspecified atom stereocenters. The molecule has 0 spiro atoms. The summed E-state index contributed by atoms with van der Waals surface area (Å²) in [6.45, 7) is 1.87. The van der Waals surface area contributed by atoms with Crippen LogP contribution in [0, 0.1) is 0 Å². The lowest BCUT2D eigenvalue weighted by Crippen LogP contribution is -2.08. The first-order chi connectivity index (χ1) is 11.6. The van der Waals surface area contributed by atoms with Crippen molar-refractivity contribution in [1.82, 2.24) is 4.98 Å². The van der Waals surface area contributed by atoms with Gasteiger partial charge in [0.1, 0.15) is 0 Å². The van der Waals surface area contributed by atoms with E-state index < -0.39 is 0 Å². The van der Waals surface area contributed by atoms with Crippen LogP contribution >= 0.6 is 23.2 Å². The van der Waals surface area contributed by atoms with Crippen molar-refractivity contribution >= 4 is 51.3 Å². The predicted molar refractivity (Wildman–Crippen MR) is 99.8 cm³/mol. The quantitative estimate of drug-likeness (QED) is 0.680. The van der Waals surface area contributed by atoms with Gasteiger partial charge < -0.3 is 10.6 Å². The van der Waals surface area contributed by atoms with E-state index in [-0.39, 0.29) is 5.91 Å². The fraction of sp³-hybridized carbons (Fsp3) is 0.111. The fourth-order valence-electron chi connectivity index (χ4n) is 2.51. The number of halogens is 2. The van der Waals surface area contributed by atoms with Crippen LogP contribution in [0.4, 0.5) is 11.4 Å². The molecular formula is C18H15Cl2N3O. The largest absolute Gasteiger partial charge is 0.380 e. The van der Waals surface area contributed by atoms with Gasteiger partial charge in [-0.05, 0) is 24.3 Å². The zero-order valence-corrected chi connectivity index (χ0v) is 14.4. The molecule has 122 valence electrons. The Bertz CT molecular complexity index is 907. The molecule has 0 aliphatic carbocycles. The number of nitrogens with one attached hydrogen (secondary N) is 2. The van der Waals surface area contributed by atoms with Crippen molar-refractivity contribution in [2.75, 3.05) is 10.6 Å². The molecule has 4 nitrogen and oxygen atoms in total. The van der Waals surface area contributed by atoms with Gasteiger partial charge in [0.25, 0.3) is 0 Å². The van der Waals surface area contributed by atoms with Crippen LogP contribution in [-0.4, -0.2) is 10.9 Å². The first-order valence-electron chi connectivity index (χ1n) is 7.37. The summed E-state index contributed by atoms with van der Waals surface area (Å²) in [5.41, 5.74) is 2.25. The highest BCUT2D eigenvalue weighted by Gasteiger charge is 2.12. The lowest BCUT2D eigenvalue weighted by Gasteiger charge is -2.14. The average Bonchev–Trinajstić information content (AvgIpc) is 2.57. The number of fused-ring (bicyclic) bond motifs is 1. The summed E-state index contributed by atoms with van der Waals surface area (Å²) in [5.74, 6) is -0.181. The van der Waals surface area contributed by atoms with Gasteiger partial charge in [0.15, 0.2) is 0 Å². The number of nitrogens with zero attached hydrogens (tertiary/aromatic N) is 1. The van der Waals surface area contributed by atoms with E-state index >= 15 is 0 Å². The van der Waals surface area contributed by atoms with Gasteiger partial charge >= 0.3 is 0 Å². The zero-order valence-electron chi connectivity index (χ0n) is 12.9. The molecular weight excluding hydrogens is 345 g/mol. The van der Waals surface area contributed by atoms with Crippen LogP contribution in [0.25, 0.3) is 10.8 Å². The fourth-order valence-corrected chi connectivity index (χ4v) is 3.06. The summed E-state index contributed by atoms with van der Waals surface area (Å²) in [6, 6.07) is 11.3. The lowest BCUT2D eigenvalue weighted by molar-refractivity contribution is -0.114. The number of carbonyl (C=O) groups excluding carboxylic acids is 1. The third kappa shape index (κ3) is 3.45. The van der Waals surface area contributed by atoms with Crippen molar-refractivity contribution in [2.45, 2.75) is 13.5 Å². The van der Waals surface area contributed by atoms with E-state index in [9.17, 15) is 4.79 Å². The molecule has 0 bridgehead atoms. The molecule has 0 radical (unpaired) electrons. The molecule has 0 saturated carbocycles. The number of carbonyl (C=O) groups is 1. The van der Waals surface area contributed by atoms with Gasteiger partial charge in [-0.1, -0.05) is 35.3 Å². The first kappa shape index (κ1) is 16.6. The van der Waals surface area contributed by atoms with Crippen LogP contribution in [0.15, 0.2) is 48.8 Å². The summed E-state index contributed by atoms with van der Waals surface area (Å²) < 4.78 is 0. The number of anilines is 2. The maximum absolute atomic E-state index is 11.3. The summed E-state index contributed by atoms with van der Waals surface area (Å²) in [6.07, 6.45) is 3.57. The highest BCUT2D eigenvalue weighted by atomic mass is 35.5. The lowest BCUT2D eigenvalue weighted by atomic mass is 10.1. The normalized spacial score (nSPS) is 10.6. The molecule has 1 heterocycles. The number of hydrogen-bond donors (Lipinski definition) is 2. The number of rotatable bonds is 4. The molecule has 3 rings (SSSR count). The number of amides is 1. The number of aromatic nitrogens is 1. The van der Waals surface area contributed by atoms with Crippen molar-refractivity contribution in [3.05, 3.63) is 64.4 Å². The van der Waals surface area contributed by atoms with Gasteiger partial charge in [-0.25, -0.2) is 0 Å². The van der Waals surface area contributed by atoms with Crippen molar-refractivity contribution in [2.24, 2.45) is 0 Å². The maximum atomic E-state index is 11.3. The van der Waals surface area contributed by atoms with E-state index in [1.807, 2.05) is 30.5 Å². The summed E-state index contributed by atoms with van der Waals surface area (Å²) >= 11 is 12.7. The third-order valence-corrected chi connectivity index (χ3v) is 4.42. The second kappa shape index (κ2) is 7.07. The maximum Gasteiger partial charge on any atom is 0.221 e. The van der Waals surface area contributed by atoms with Crippen molar-refractivity contribution < 1.29 is 4.79 Å². The smallest absolute Gasteiger partial charge is 0.221 e. The Morgan fingerprint density at radius 2 is 1.96 bits per heavy atom. The molecule has 0 aliphatic rings. The van der Waals surface area contributed by atoms with E-state index in [0.717, 1.165) is 22.0 Å². The molecule has 1 aromatic heterocycles. The highest BCUT2D eigenvalue weighted by Crippen LogP contribution is 2.33. The summed E-state index contributed by atoms with van der Waals surface area (Å²) in [7, 11) is 0. The predicted octanol–water partition coefficient (Wildman–Crippen LogP) is 5.11. The summed E-state index contributed by atoms with van der Waals surface area (Å²) in [5, 5.41) is 9.16. The third-order valence-electron chi connectivity index (χ3n) is 3.63. The van der Waals surface area contributed by atoms with Crippen LogP contribution in [0.1, 0.15) is 12.5 Å². The highest BCUT2D eigenvalue weighted by molar-refractivity contribution is 6.38. The molecule has 0 fully saturated rings. The molecule has 0 aliphatic heterocycles. The van der Waals surface area contributed by atoms with Gasteiger partial charge in [0.2, 0.25) is 5.91 Å². The Morgan fingerprint density at radius 3 is 2.75 bits per heavy atom.